The molecule has 0 saturated carbocycles. The van der Waals surface area contributed by atoms with E-state index >= 15 is 0 Å². The monoisotopic (exact) mass is 390 g/mol. The summed E-state index contributed by atoms with van der Waals surface area (Å²) in [4.78, 5) is 28.4. The normalized spacial score (nSPS) is 14.0. The fraction of sp³-hybridized carbons (Fsp3) is 0.0909. The van der Waals surface area contributed by atoms with Crippen LogP contribution in [0.1, 0.15) is 10.4 Å². The van der Waals surface area contributed by atoms with Crippen LogP contribution in [0.5, 0.6) is 5.75 Å². The van der Waals surface area contributed by atoms with Gasteiger partial charge in [0.2, 0.25) is 0 Å². The summed E-state index contributed by atoms with van der Waals surface area (Å²) < 4.78 is 5.37. The van der Waals surface area contributed by atoms with Gasteiger partial charge in [0.15, 0.2) is 0 Å². The summed E-state index contributed by atoms with van der Waals surface area (Å²) in [7, 11) is 1.57. The Kier molecular flexibility index (Phi) is 4.95. The number of rotatable bonds is 6. The van der Waals surface area contributed by atoms with Crippen LogP contribution in [0.4, 0.5) is 5.69 Å². The van der Waals surface area contributed by atoms with Gasteiger partial charge in [0, 0.05) is 16.1 Å². The average molecular weight is 390 g/mol. The lowest BCUT2D eigenvalue weighted by molar-refractivity contribution is -0.137. The highest BCUT2D eigenvalue weighted by Crippen LogP contribution is 2.34. The fourth-order valence-corrected chi connectivity index (χ4v) is 3.92. The largest absolute Gasteiger partial charge is 0.496 e. The number of carbonyl (C=O) groups is 2. The quantitative estimate of drug-likeness (QED) is 0.643. The minimum Gasteiger partial charge on any atom is -0.496 e. The third kappa shape index (κ3) is 3.30. The van der Waals surface area contributed by atoms with Gasteiger partial charge in [-0.1, -0.05) is 42.5 Å². The van der Waals surface area contributed by atoms with E-state index in [9.17, 15) is 9.59 Å². The number of hydrogen-bond acceptors (Lipinski definition) is 5. The van der Waals surface area contributed by atoms with Crippen molar-refractivity contribution in [2.24, 2.45) is 0 Å². The Morgan fingerprint density at radius 1 is 0.929 bits per heavy atom. The highest BCUT2D eigenvalue weighted by molar-refractivity contribution is 7.11. The van der Waals surface area contributed by atoms with Crippen LogP contribution in [0.15, 0.2) is 77.8 Å². The number of hydrogen-bond donors (Lipinski definition) is 1. The first-order chi connectivity index (χ1) is 13.7. The molecule has 2 amide bonds. The zero-order valence-electron chi connectivity index (χ0n) is 15.2. The maximum atomic E-state index is 13.2. The van der Waals surface area contributed by atoms with E-state index in [1.165, 1.54) is 16.2 Å². The van der Waals surface area contributed by atoms with E-state index < -0.39 is 0 Å². The first-order valence-electron chi connectivity index (χ1n) is 8.77. The molecule has 28 heavy (non-hydrogen) atoms. The highest BCUT2D eigenvalue weighted by Gasteiger charge is 2.39. The number of imide groups is 1. The number of ether oxygens (including phenoxy) is 1. The summed E-state index contributed by atoms with van der Waals surface area (Å²) >= 11 is 1.43. The third-order valence-corrected chi connectivity index (χ3v) is 5.39. The number of nitrogens with one attached hydrogen (secondary N) is 1. The van der Waals surface area contributed by atoms with Crippen LogP contribution in [-0.4, -0.2) is 23.8 Å². The van der Waals surface area contributed by atoms with Crippen molar-refractivity contribution in [3.8, 4) is 5.75 Å². The van der Waals surface area contributed by atoms with Crippen LogP contribution in [0, 0.1) is 0 Å². The molecule has 3 aromatic rings. The van der Waals surface area contributed by atoms with Crippen molar-refractivity contribution in [3.63, 3.8) is 0 Å². The molecule has 0 spiro atoms. The molecule has 1 aromatic heterocycles. The SMILES string of the molecule is COc1ccccc1CN1C(=O)C(Nc2ccccc2)=C(c2cccs2)C1=O. The lowest BCUT2D eigenvalue weighted by atomic mass is 10.1. The molecule has 4 rings (SSSR count). The second-order valence-electron chi connectivity index (χ2n) is 6.23. The maximum Gasteiger partial charge on any atom is 0.278 e. The average Bonchev–Trinajstić information content (AvgIpc) is 3.32. The van der Waals surface area contributed by atoms with Crippen molar-refractivity contribution in [3.05, 3.63) is 88.2 Å². The molecule has 2 heterocycles. The number of amides is 2. The van der Waals surface area contributed by atoms with Crippen molar-refractivity contribution < 1.29 is 14.3 Å². The first-order valence-corrected chi connectivity index (χ1v) is 9.65. The standard InChI is InChI=1S/C22H18N2O3S/c1-27-17-11-6-5-8-15(17)14-24-21(25)19(18-12-7-13-28-18)20(22(24)26)23-16-9-3-2-4-10-16/h2-13,23H,14H2,1H3. The van der Waals surface area contributed by atoms with Crippen molar-refractivity contribution in [2.75, 3.05) is 12.4 Å². The Morgan fingerprint density at radius 2 is 1.68 bits per heavy atom. The second kappa shape index (κ2) is 7.70. The van der Waals surface area contributed by atoms with Gasteiger partial charge >= 0.3 is 0 Å². The van der Waals surface area contributed by atoms with Gasteiger partial charge in [-0.3, -0.25) is 14.5 Å². The number of benzene rings is 2. The zero-order chi connectivity index (χ0) is 19.5. The molecular formula is C22H18N2O3S. The second-order valence-corrected chi connectivity index (χ2v) is 7.17. The van der Waals surface area contributed by atoms with Crippen molar-refractivity contribution in [2.45, 2.75) is 6.54 Å². The molecule has 0 saturated heterocycles. The summed E-state index contributed by atoms with van der Waals surface area (Å²) in [5, 5.41) is 5.04. The molecule has 0 bridgehead atoms. The van der Waals surface area contributed by atoms with Gasteiger partial charge in [0.05, 0.1) is 19.2 Å². The summed E-state index contributed by atoms with van der Waals surface area (Å²) in [6.45, 7) is 0.149. The lowest BCUT2D eigenvalue weighted by Crippen LogP contribution is -2.32. The molecule has 6 heteroatoms. The smallest absolute Gasteiger partial charge is 0.278 e. The van der Waals surface area contributed by atoms with Gasteiger partial charge in [-0.05, 0) is 29.6 Å². The van der Waals surface area contributed by atoms with Gasteiger partial charge < -0.3 is 10.1 Å². The van der Waals surface area contributed by atoms with Crippen LogP contribution in [0.2, 0.25) is 0 Å². The van der Waals surface area contributed by atoms with E-state index in [0.29, 0.717) is 17.0 Å². The molecule has 1 aliphatic rings. The van der Waals surface area contributed by atoms with E-state index in [1.54, 1.807) is 7.11 Å². The van der Waals surface area contributed by atoms with E-state index in [0.717, 1.165) is 16.1 Å². The minimum absolute atomic E-state index is 0.149. The Balaban J connectivity index is 1.71. The molecule has 1 aliphatic heterocycles. The van der Waals surface area contributed by atoms with Gasteiger partial charge in [-0.2, -0.15) is 0 Å². The van der Waals surface area contributed by atoms with Crippen molar-refractivity contribution in [1.29, 1.82) is 0 Å². The molecule has 5 nitrogen and oxygen atoms in total. The lowest BCUT2D eigenvalue weighted by Gasteiger charge is -2.17. The van der Waals surface area contributed by atoms with Gasteiger partial charge in [0.25, 0.3) is 11.8 Å². The van der Waals surface area contributed by atoms with Crippen LogP contribution < -0.4 is 10.1 Å². The van der Waals surface area contributed by atoms with Crippen LogP contribution in [0.3, 0.4) is 0 Å². The molecule has 1 N–H and O–H groups in total. The predicted octanol–water partition coefficient (Wildman–Crippen LogP) is 4.15. The predicted molar refractivity (Wildman–Crippen MR) is 110 cm³/mol. The van der Waals surface area contributed by atoms with Crippen molar-refractivity contribution in [1.82, 2.24) is 4.90 Å². The number of para-hydroxylation sites is 2. The number of thiophene rings is 1. The van der Waals surface area contributed by atoms with E-state index in [1.807, 2.05) is 72.1 Å². The molecule has 0 fully saturated rings. The molecular weight excluding hydrogens is 372 g/mol. The molecule has 0 unspecified atom stereocenters. The Labute approximate surface area is 166 Å². The molecule has 0 radical (unpaired) electrons. The first kappa shape index (κ1) is 18.0. The van der Waals surface area contributed by atoms with E-state index in [-0.39, 0.29) is 18.4 Å². The molecule has 0 aliphatic carbocycles. The number of methoxy groups -OCH3 is 1. The highest BCUT2D eigenvalue weighted by atomic mass is 32.1. The van der Waals surface area contributed by atoms with E-state index in [4.69, 9.17) is 4.74 Å². The van der Waals surface area contributed by atoms with Crippen LogP contribution >= 0.6 is 11.3 Å². The summed E-state index contributed by atoms with van der Waals surface area (Å²) in [6, 6.07) is 20.5. The van der Waals surface area contributed by atoms with Crippen LogP contribution in [0.25, 0.3) is 5.57 Å². The van der Waals surface area contributed by atoms with Crippen molar-refractivity contribution >= 4 is 34.4 Å². The van der Waals surface area contributed by atoms with E-state index in [2.05, 4.69) is 5.32 Å². The van der Waals surface area contributed by atoms with Crippen LogP contribution in [-0.2, 0) is 16.1 Å². The number of nitrogens with zero attached hydrogens (tertiary/aromatic N) is 1. The Morgan fingerprint density at radius 3 is 2.39 bits per heavy atom. The summed E-state index contributed by atoms with van der Waals surface area (Å²) in [5.74, 6) is -0.00908. The minimum atomic E-state index is -0.344. The number of anilines is 1. The number of carbonyl (C=O) groups excluding carboxylic acids is 2. The zero-order valence-corrected chi connectivity index (χ0v) is 16.0. The molecule has 140 valence electrons. The summed E-state index contributed by atoms with van der Waals surface area (Å²) in [5.41, 5.74) is 2.23. The molecule has 2 aromatic carbocycles. The Hall–Kier alpha value is -3.38. The van der Waals surface area contributed by atoms with Gasteiger partial charge in [0.1, 0.15) is 11.4 Å². The summed E-state index contributed by atoms with van der Waals surface area (Å²) in [6.07, 6.45) is 0. The van der Waals surface area contributed by atoms with Gasteiger partial charge in [-0.15, -0.1) is 11.3 Å². The fourth-order valence-electron chi connectivity index (χ4n) is 3.15. The third-order valence-electron chi connectivity index (χ3n) is 4.50. The molecule has 0 atom stereocenters. The topological polar surface area (TPSA) is 58.6 Å². The van der Waals surface area contributed by atoms with Gasteiger partial charge in [-0.25, -0.2) is 0 Å². The maximum absolute atomic E-state index is 13.2. The Bertz CT molecular complexity index is 1040.